The standard InChI is InChI=1S/C18H18N4O/c1-21-11-7-15-14(6-8-19-17(15)21)16-5-4-13(12-20-16)18(23)22-9-2-3-10-22/h4-8,11-12H,2-3,9-10H2,1H3. The highest BCUT2D eigenvalue weighted by atomic mass is 16.2. The van der Waals surface area contributed by atoms with Crippen molar-refractivity contribution in [3.63, 3.8) is 0 Å². The fourth-order valence-corrected chi connectivity index (χ4v) is 3.17. The number of aromatic nitrogens is 3. The van der Waals surface area contributed by atoms with Crippen LogP contribution in [0.25, 0.3) is 22.3 Å². The summed E-state index contributed by atoms with van der Waals surface area (Å²) in [7, 11) is 1.98. The first-order valence-electron chi connectivity index (χ1n) is 7.90. The van der Waals surface area contributed by atoms with Crippen molar-refractivity contribution in [3.05, 3.63) is 48.4 Å². The summed E-state index contributed by atoms with van der Waals surface area (Å²) in [6.07, 6.45) is 7.67. The number of rotatable bonds is 2. The number of carbonyl (C=O) groups is 1. The van der Waals surface area contributed by atoms with E-state index in [2.05, 4.69) is 9.97 Å². The molecule has 1 fully saturated rings. The van der Waals surface area contributed by atoms with Crippen molar-refractivity contribution >= 4 is 16.9 Å². The molecule has 0 bridgehead atoms. The molecule has 0 unspecified atom stereocenters. The molecule has 3 aromatic rings. The number of hydrogen-bond donors (Lipinski definition) is 0. The lowest BCUT2D eigenvalue weighted by Gasteiger charge is -2.15. The third-order valence-electron chi connectivity index (χ3n) is 4.45. The lowest BCUT2D eigenvalue weighted by molar-refractivity contribution is 0.0792. The fraction of sp³-hybridized carbons (Fsp3) is 0.278. The van der Waals surface area contributed by atoms with E-state index < -0.39 is 0 Å². The van der Waals surface area contributed by atoms with Crippen molar-refractivity contribution in [3.8, 4) is 11.3 Å². The van der Waals surface area contributed by atoms with E-state index in [4.69, 9.17) is 0 Å². The van der Waals surface area contributed by atoms with E-state index >= 15 is 0 Å². The Balaban J connectivity index is 1.68. The van der Waals surface area contributed by atoms with Gasteiger partial charge in [0.25, 0.3) is 5.91 Å². The minimum absolute atomic E-state index is 0.0844. The number of carbonyl (C=O) groups excluding carboxylic acids is 1. The second-order valence-electron chi connectivity index (χ2n) is 5.95. The minimum atomic E-state index is 0.0844. The number of amides is 1. The van der Waals surface area contributed by atoms with E-state index in [1.807, 2.05) is 47.0 Å². The molecular weight excluding hydrogens is 288 g/mol. The van der Waals surface area contributed by atoms with Crippen LogP contribution in [0.4, 0.5) is 0 Å². The average molecular weight is 306 g/mol. The summed E-state index contributed by atoms with van der Waals surface area (Å²) in [4.78, 5) is 23.2. The Hall–Kier alpha value is -2.69. The molecule has 0 atom stereocenters. The van der Waals surface area contributed by atoms with Crippen molar-refractivity contribution in [1.29, 1.82) is 0 Å². The lowest BCUT2D eigenvalue weighted by Crippen LogP contribution is -2.27. The summed E-state index contributed by atoms with van der Waals surface area (Å²) < 4.78 is 1.99. The van der Waals surface area contributed by atoms with Crippen LogP contribution >= 0.6 is 0 Å². The molecule has 116 valence electrons. The van der Waals surface area contributed by atoms with Crippen LogP contribution in [0, 0.1) is 0 Å². The summed E-state index contributed by atoms with van der Waals surface area (Å²) in [5.74, 6) is 0.0844. The van der Waals surface area contributed by atoms with Crippen molar-refractivity contribution in [2.24, 2.45) is 7.05 Å². The molecule has 0 saturated carbocycles. The Labute approximate surface area is 134 Å². The predicted molar refractivity (Wildman–Crippen MR) is 89.1 cm³/mol. The summed E-state index contributed by atoms with van der Waals surface area (Å²) in [6.45, 7) is 1.71. The van der Waals surface area contributed by atoms with Gasteiger partial charge >= 0.3 is 0 Å². The summed E-state index contributed by atoms with van der Waals surface area (Å²) >= 11 is 0. The third-order valence-corrected chi connectivity index (χ3v) is 4.45. The molecule has 0 aromatic carbocycles. The van der Waals surface area contributed by atoms with Crippen molar-refractivity contribution < 1.29 is 4.79 Å². The Kier molecular flexibility index (Phi) is 3.33. The number of pyridine rings is 2. The Morgan fingerprint density at radius 3 is 2.65 bits per heavy atom. The van der Waals surface area contributed by atoms with Crippen LogP contribution in [0.1, 0.15) is 23.2 Å². The molecular formula is C18H18N4O. The molecule has 0 spiro atoms. The Morgan fingerprint density at radius 2 is 1.91 bits per heavy atom. The van der Waals surface area contributed by atoms with Crippen molar-refractivity contribution in [2.75, 3.05) is 13.1 Å². The van der Waals surface area contributed by atoms with Gasteiger partial charge in [0.15, 0.2) is 0 Å². The van der Waals surface area contributed by atoms with Gasteiger partial charge in [-0.3, -0.25) is 9.78 Å². The second kappa shape index (κ2) is 5.50. The highest BCUT2D eigenvalue weighted by Crippen LogP contribution is 2.26. The minimum Gasteiger partial charge on any atom is -0.339 e. The van der Waals surface area contributed by atoms with E-state index in [1.54, 1.807) is 12.4 Å². The topological polar surface area (TPSA) is 51.0 Å². The molecule has 5 nitrogen and oxygen atoms in total. The molecule has 23 heavy (non-hydrogen) atoms. The molecule has 0 radical (unpaired) electrons. The first kappa shape index (κ1) is 13.9. The largest absolute Gasteiger partial charge is 0.339 e. The van der Waals surface area contributed by atoms with Crippen molar-refractivity contribution in [2.45, 2.75) is 12.8 Å². The SMILES string of the molecule is Cn1ccc2c(-c3ccc(C(=O)N4CCCC4)cn3)ccnc21. The van der Waals surface area contributed by atoms with Crippen LogP contribution in [0.3, 0.4) is 0 Å². The van der Waals surface area contributed by atoms with Gasteiger partial charge in [-0.25, -0.2) is 4.98 Å². The first-order chi connectivity index (χ1) is 11.2. The van der Waals surface area contributed by atoms with Gasteiger partial charge in [0.2, 0.25) is 0 Å². The summed E-state index contributed by atoms with van der Waals surface area (Å²) in [6, 6.07) is 7.80. The third kappa shape index (κ3) is 2.38. The van der Waals surface area contributed by atoms with E-state index in [1.165, 1.54) is 0 Å². The van der Waals surface area contributed by atoms with Gasteiger partial charge in [-0.05, 0) is 37.1 Å². The van der Waals surface area contributed by atoms with Gasteiger partial charge < -0.3 is 9.47 Å². The number of aryl methyl sites for hydroxylation is 1. The van der Waals surface area contributed by atoms with Gasteiger partial charge in [-0.1, -0.05) is 0 Å². The van der Waals surface area contributed by atoms with Gasteiger partial charge in [0.1, 0.15) is 5.65 Å². The molecule has 1 saturated heterocycles. The monoisotopic (exact) mass is 306 g/mol. The number of likely N-dealkylation sites (tertiary alicyclic amines) is 1. The quantitative estimate of drug-likeness (QED) is 0.731. The molecule has 0 aliphatic carbocycles. The zero-order valence-corrected chi connectivity index (χ0v) is 13.1. The fourth-order valence-electron chi connectivity index (χ4n) is 3.17. The van der Waals surface area contributed by atoms with Crippen LogP contribution < -0.4 is 0 Å². The van der Waals surface area contributed by atoms with Crippen molar-refractivity contribution in [1.82, 2.24) is 19.4 Å². The van der Waals surface area contributed by atoms with Crippen LogP contribution in [-0.2, 0) is 7.05 Å². The Morgan fingerprint density at radius 1 is 1.09 bits per heavy atom. The predicted octanol–water partition coefficient (Wildman–Crippen LogP) is 2.87. The van der Waals surface area contributed by atoms with Gasteiger partial charge in [-0.15, -0.1) is 0 Å². The molecule has 4 heterocycles. The molecule has 1 aliphatic rings. The second-order valence-corrected chi connectivity index (χ2v) is 5.95. The van der Waals surface area contributed by atoms with Gasteiger partial charge in [-0.2, -0.15) is 0 Å². The maximum Gasteiger partial charge on any atom is 0.255 e. The van der Waals surface area contributed by atoms with E-state index in [0.29, 0.717) is 5.56 Å². The Bertz CT molecular complexity index is 860. The summed E-state index contributed by atoms with van der Waals surface area (Å²) in [5.41, 5.74) is 3.49. The summed E-state index contributed by atoms with van der Waals surface area (Å²) in [5, 5.41) is 1.07. The highest BCUT2D eigenvalue weighted by Gasteiger charge is 2.19. The van der Waals surface area contributed by atoms with Gasteiger partial charge in [0, 0.05) is 49.7 Å². The number of nitrogens with zero attached hydrogens (tertiary/aromatic N) is 4. The zero-order valence-electron chi connectivity index (χ0n) is 13.1. The average Bonchev–Trinajstić information content (AvgIpc) is 3.25. The van der Waals surface area contributed by atoms with E-state index in [0.717, 1.165) is 48.2 Å². The van der Waals surface area contributed by atoms with Crippen LogP contribution in [0.5, 0.6) is 0 Å². The smallest absolute Gasteiger partial charge is 0.255 e. The van der Waals surface area contributed by atoms with Gasteiger partial charge in [0.05, 0.1) is 11.3 Å². The zero-order chi connectivity index (χ0) is 15.8. The van der Waals surface area contributed by atoms with E-state index in [9.17, 15) is 4.79 Å². The number of fused-ring (bicyclic) bond motifs is 1. The van der Waals surface area contributed by atoms with E-state index in [-0.39, 0.29) is 5.91 Å². The number of hydrogen-bond acceptors (Lipinski definition) is 3. The maximum atomic E-state index is 12.4. The molecule has 1 amide bonds. The maximum absolute atomic E-state index is 12.4. The normalized spacial score (nSPS) is 14.6. The molecule has 4 rings (SSSR count). The highest BCUT2D eigenvalue weighted by molar-refractivity contribution is 5.95. The first-order valence-corrected chi connectivity index (χ1v) is 7.90. The van der Waals surface area contributed by atoms with Crippen LogP contribution in [0.15, 0.2) is 42.9 Å². The molecule has 1 aliphatic heterocycles. The van der Waals surface area contributed by atoms with Crippen LogP contribution in [-0.4, -0.2) is 38.4 Å². The van der Waals surface area contributed by atoms with Crippen LogP contribution in [0.2, 0.25) is 0 Å². The molecule has 0 N–H and O–H groups in total. The lowest BCUT2D eigenvalue weighted by atomic mass is 10.1. The molecule has 5 heteroatoms. The molecule has 3 aromatic heterocycles.